The third kappa shape index (κ3) is 2.65. The topological polar surface area (TPSA) is 58.4 Å². The van der Waals surface area contributed by atoms with E-state index in [0.717, 1.165) is 25.9 Å². The van der Waals surface area contributed by atoms with E-state index in [4.69, 9.17) is 5.84 Å². The van der Waals surface area contributed by atoms with Crippen LogP contribution in [0.1, 0.15) is 18.1 Å². The van der Waals surface area contributed by atoms with Crippen LogP contribution < -0.4 is 11.3 Å². The summed E-state index contributed by atoms with van der Waals surface area (Å²) in [5.74, 6) is 5.06. The van der Waals surface area contributed by atoms with Gasteiger partial charge in [0.25, 0.3) is 5.91 Å². The van der Waals surface area contributed by atoms with Crippen LogP contribution in [-0.4, -0.2) is 29.9 Å². The van der Waals surface area contributed by atoms with Gasteiger partial charge in [-0.2, -0.15) is 0 Å². The first-order valence-corrected chi connectivity index (χ1v) is 6.03. The first kappa shape index (κ1) is 12.1. The maximum atomic E-state index is 11.5. The molecule has 1 aliphatic rings. The predicted molar refractivity (Wildman–Crippen MR) is 67.2 cm³/mol. The Kier molecular flexibility index (Phi) is 3.76. The third-order valence-corrected chi connectivity index (χ3v) is 3.52. The zero-order valence-electron chi connectivity index (χ0n) is 10.1. The lowest BCUT2D eigenvalue weighted by Crippen LogP contribution is -2.48. The summed E-state index contributed by atoms with van der Waals surface area (Å²) in [4.78, 5) is 13.7. The molecule has 0 aromatic heterocycles. The molecule has 1 aromatic carbocycles. The molecule has 1 unspecified atom stereocenters. The van der Waals surface area contributed by atoms with Crippen molar-refractivity contribution in [2.75, 3.05) is 13.1 Å². The first-order valence-electron chi connectivity index (χ1n) is 6.03. The Morgan fingerprint density at radius 3 is 2.29 bits per heavy atom. The van der Waals surface area contributed by atoms with Crippen molar-refractivity contribution in [1.82, 2.24) is 10.3 Å². The second-order valence-corrected chi connectivity index (χ2v) is 4.49. The molecular weight excluding hydrogens is 214 g/mol. The molecule has 1 aromatic rings. The molecule has 0 saturated carbocycles. The fraction of sp³-hybridized carbons (Fsp3) is 0.462. The number of rotatable bonds is 2. The SMILES string of the molecule is CC(C(=O)NN)N1CCc2ccccc2CC1. The maximum absolute atomic E-state index is 11.5. The van der Waals surface area contributed by atoms with Crippen molar-refractivity contribution < 1.29 is 4.79 Å². The zero-order chi connectivity index (χ0) is 12.3. The van der Waals surface area contributed by atoms with Gasteiger partial charge >= 0.3 is 0 Å². The number of carbonyl (C=O) groups excluding carboxylic acids is 1. The number of nitrogens with two attached hydrogens (primary N) is 1. The van der Waals surface area contributed by atoms with Crippen molar-refractivity contribution in [3.05, 3.63) is 35.4 Å². The maximum Gasteiger partial charge on any atom is 0.250 e. The highest BCUT2D eigenvalue weighted by Crippen LogP contribution is 2.16. The molecule has 1 aliphatic heterocycles. The van der Waals surface area contributed by atoms with Gasteiger partial charge in [0.1, 0.15) is 0 Å². The molecule has 17 heavy (non-hydrogen) atoms. The Hall–Kier alpha value is -1.39. The van der Waals surface area contributed by atoms with Crippen molar-refractivity contribution in [1.29, 1.82) is 0 Å². The molecule has 4 heteroatoms. The van der Waals surface area contributed by atoms with Gasteiger partial charge in [0.2, 0.25) is 0 Å². The minimum absolute atomic E-state index is 0.115. The van der Waals surface area contributed by atoms with Crippen LogP contribution in [0.2, 0.25) is 0 Å². The monoisotopic (exact) mass is 233 g/mol. The average Bonchev–Trinajstić information content (AvgIpc) is 2.59. The highest BCUT2D eigenvalue weighted by Gasteiger charge is 2.22. The van der Waals surface area contributed by atoms with E-state index < -0.39 is 0 Å². The van der Waals surface area contributed by atoms with Gasteiger partial charge in [0.15, 0.2) is 0 Å². The molecule has 0 saturated heterocycles. The van der Waals surface area contributed by atoms with Crippen LogP contribution in [0.4, 0.5) is 0 Å². The molecule has 0 aliphatic carbocycles. The Bertz CT molecular complexity index is 378. The summed E-state index contributed by atoms with van der Waals surface area (Å²) in [7, 11) is 0. The molecule has 2 rings (SSSR count). The molecule has 3 N–H and O–H groups in total. The van der Waals surface area contributed by atoms with E-state index in [9.17, 15) is 4.79 Å². The Labute approximate surface area is 102 Å². The number of benzene rings is 1. The number of nitrogens with zero attached hydrogens (tertiary/aromatic N) is 1. The molecule has 1 atom stereocenters. The first-order chi connectivity index (χ1) is 8.22. The van der Waals surface area contributed by atoms with Gasteiger partial charge < -0.3 is 0 Å². The van der Waals surface area contributed by atoms with Crippen molar-refractivity contribution in [3.8, 4) is 0 Å². The van der Waals surface area contributed by atoms with E-state index >= 15 is 0 Å². The number of hydrogen-bond acceptors (Lipinski definition) is 3. The largest absolute Gasteiger partial charge is 0.293 e. The van der Waals surface area contributed by atoms with Crippen LogP contribution in [0.25, 0.3) is 0 Å². The van der Waals surface area contributed by atoms with Gasteiger partial charge in [-0.05, 0) is 30.9 Å². The number of nitrogens with one attached hydrogen (secondary N) is 1. The number of carbonyl (C=O) groups is 1. The second-order valence-electron chi connectivity index (χ2n) is 4.49. The molecule has 1 amide bonds. The van der Waals surface area contributed by atoms with Crippen LogP contribution in [0.15, 0.2) is 24.3 Å². The van der Waals surface area contributed by atoms with Crippen LogP contribution >= 0.6 is 0 Å². The molecule has 4 nitrogen and oxygen atoms in total. The molecule has 0 radical (unpaired) electrons. The van der Waals surface area contributed by atoms with Gasteiger partial charge in [0, 0.05) is 13.1 Å². The smallest absolute Gasteiger partial charge is 0.250 e. The van der Waals surface area contributed by atoms with E-state index in [2.05, 4.69) is 34.6 Å². The van der Waals surface area contributed by atoms with Crippen molar-refractivity contribution >= 4 is 5.91 Å². The number of hydrazine groups is 1. The summed E-state index contributed by atoms with van der Waals surface area (Å²) >= 11 is 0. The molecule has 0 bridgehead atoms. The van der Waals surface area contributed by atoms with Crippen molar-refractivity contribution in [3.63, 3.8) is 0 Å². The summed E-state index contributed by atoms with van der Waals surface area (Å²) in [6.07, 6.45) is 2.00. The zero-order valence-corrected chi connectivity index (χ0v) is 10.1. The minimum atomic E-state index is -0.158. The average molecular weight is 233 g/mol. The Balaban J connectivity index is 2.06. The van der Waals surface area contributed by atoms with Gasteiger partial charge in [-0.25, -0.2) is 5.84 Å². The third-order valence-electron chi connectivity index (χ3n) is 3.52. The number of amides is 1. The highest BCUT2D eigenvalue weighted by molar-refractivity contribution is 5.80. The minimum Gasteiger partial charge on any atom is -0.293 e. The van der Waals surface area contributed by atoms with Gasteiger partial charge in [-0.1, -0.05) is 24.3 Å². The lowest BCUT2D eigenvalue weighted by atomic mass is 10.0. The van der Waals surface area contributed by atoms with E-state index in [1.54, 1.807) is 0 Å². The van der Waals surface area contributed by atoms with E-state index in [-0.39, 0.29) is 11.9 Å². The van der Waals surface area contributed by atoms with Crippen LogP contribution in [0.3, 0.4) is 0 Å². The molecule has 0 spiro atoms. The summed E-state index contributed by atoms with van der Waals surface area (Å²) in [6.45, 7) is 3.72. The summed E-state index contributed by atoms with van der Waals surface area (Å²) < 4.78 is 0. The Morgan fingerprint density at radius 1 is 1.29 bits per heavy atom. The van der Waals surface area contributed by atoms with Crippen LogP contribution in [0, 0.1) is 0 Å². The lowest BCUT2D eigenvalue weighted by molar-refractivity contribution is -0.125. The molecule has 1 heterocycles. The standard InChI is InChI=1S/C13H19N3O/c1-10(13(17)15-14)16-8-6-11-4-2-3-5-12(11)7-9-16/h2-5,10H,6-9,14H2,1H3,(H,15,17). The lowest BCUT2D eigenvalue weighted by Gasteiger charge is -2.25. The van der Waals surface area contributed by atoms with Gasteiger partial charge in [-0.15, -0.1) is 0 Å². The summed E-state index contributed by atoms with van der Waals surface area (Å²) in [5, 5.41) is 0. The van der Waals surface area contributed by atoms with E-state index in [1.165, 1.54) is 11.1 Å². The van der Waals surface area contributed by atoms with Gasteiger partial charge in [0.05, 0.1) is 6.04 Å². The fourth-order valence-corrected chi connectivity index (χ4v) is 2.36. The number of fused-ring (bicyclic) bond motifs is 1. The molecule has 0 fully saturated rings. The van der Waals surface area contributed by atoms with E-state index in [0.29, 0.717) is 0 Å². The Morgan fingerprint density at radius 2 is 1.82 bits per heavy atom. The molecular formula is C13H19N3O. The number of hydrogen-bond donors (Lipinski definition) is 2. The van der Waals surface area contributed by atoms with Crippen LogP contribution in [-0.2, 0) is 17.6 Å². The second kappa shape index (κ2) is 5.29. The molecule has 92 valence electrons. The summed E-state index contributed by atoms with van der Waals surface area (Å²) in [6, 6.07) is 8.34. The highest BCUT2D eigenvalue weighted by atomic mass is 16.2. The van der Waals surface area contributed by atoms with Gasteiger partial charge in [-0.3, -0.25) is 15.1 Å². The van der Waals surface area contributed by atoms with E-state index in [1.807, 2.05) is 6.92 Å². The fourth-order valence-electron chi connectivity index (χ4n) is 2.36. The normalized spacial score (nSPS) is 18.0. The summed E-state index contributed by atoms with van der Waals surface area (Å²) in [5.41, 5.74) is 5.02. The quantitative estimate of drug-likeness (QED) is 0.443. The van der Waals surface area contributed by atoms with Crippen LogP contribution in [0.5, 0.6) is 0 Å². The van der Waals surface area contributed by atoms with Crippen molar-refractivity contribution in [2.24, 2.45) is 5.84 Å². The predicted octanol–water partition coefficient (Wildman–Crippen LogP) is 0.466. The van der Waals surface area contributed by atoms with Crippen molar-refractivity contribution in [2.45, 2.75) is 25.8 Å².